The zero-order valence-corrected chi connectivity index (χ0v) is 10.9. The van der Waals surface area contributed by atoms with Gasteiger partial charge in [0.15, 0.2) is 0 Å². The second-order valence-corrected chi connectivity index (χ2v) is 4.72. The van der Waals surface area contributed by atoms with Crippen LogP contribution in [0.25, 0.3) is 0 Å². The van der Waals surface area contributed by atoms with Crippen LogP contribution in [-0.4, -0.2) is 69.7 Å². The standard InChI is InChI=1S/C12H18N4O3/c1-9-10(7-13-14-9)12(19)16-4-2-3-15(5-6-16)8-11(17)18/h7H,2-6,8H2,1H3,(H,13,14)(H,17,18). The minimum Gasteiger partial charge on any atom is -0.480 e. The highest BCUT2D eigenvalue weighted by Crippen LogP contribution is 2.10. The Morgan fingerprint density at radius 1 is 1.37 bits per heavy atom. The van der Waals surface area contributed by atoms with Gasteiger partial charge in [0.05, 0.1) is 18.3 Å². The van der Waals surface area contributed by atoms with Crippen LogP contribution in [-0.2, 0) is 4.79 Å². The number of hydrogen-bond acceptors (Lipinski definition) is 4. The second-order valence-electron chi connectivity index (χ2n) is 4.72. The summed E-state index contributed by atoms with van der Waals surface area (Å²) in [7, 11) is 0. The van der Waals surface area contributed by atoms with E-state index in [1.807, 2.05) is 11.8 Å². The van der Waals surface area contributed by atoms with E-state index in [-0.39, 0.29) is 12.5 Å². The summed E-state index contributed by atoms with van der Waals surface area (Å²) in [5, 5.41) is 15.4. The molecule has 104 valence electrons. The van der Waals surface area contributed by atoms with Gasteiger partial charge in [-0.3, -0.25) is 19.6 Å². The molecule has 7 heteroatoms. The van der Waals surface area contributed by atoms with Crippen LogP contribution in [0.1, 0.15) is 22.5 Å². The fourth-order valence-corrected chi connectivity index (χ4v) is 2.26. The Hall–Kier alpha value is -1.89. The number of hydrogen-bond donors (Lipinski definition) is 2. The van der Waals surface area contributed by atoms with Crippen molar-refractivity contribution in [2.45, 2.75) is 13.3 Å². The molecule has 0 bridgehead atoms. The van der Waals surface area contributed by atoms with Crippen LogP contribution in [0.3, 0.4) is 0 Å². The first-order valence-corrected chi connectivity index (χ1v) is 6.31. The van der Waals surface area contributed by atoms with Crippen molar-refractivity contribution in [3.8, 4) is 0 Å². The Labute approximate surface area is 111 Å². The summed E-state index contributed by atoms with van der Waals surface area (Å²) >= 11 is 0. The first-order chi connectivity index (χ1) is 9.08. The van der Waals surface area contributed by atoms with Crippen LogP contribution >= 0.6 is 0 Å². The molecule has 2 rings (SSSR count). The molecule has 19 heavy (non-hydrogen) atoms. The third kappa shape index (κ3) is 3.31. The lowest BCUT2D eigenvalue weighted by Crippen LogP contribution is -2.36. The van der Waals surface area contributed by atoms with Crippen LogP contribution in [0.15, 0.2) is 6.20 Å². The number of carbonyl (C=O) groups is 2. The number of aliphatic carboxylic acids is 1. The van der Waals surface area contributed by atoms with E-state index in [0.717, 1.165) is 12.1 Å². The fourth-order valence-electron chi connectivity index (χ4n) is 2.26. The van der Waals surface area contributed by atoms with E-state index >= 15 is 0 Å². The molecule has 0 unspecified atom stereocenters. The van der Waals surface area contributed by atoms with Gasteiger partial charge in [0.25, 0.3) is 5.91 Å². The summed E-state index contributed by atoms with van der Waals surface area (Å²) in [5.74, 6) is -0.867. The van der Waals surface area contributed by atoms with Gasteiger partial charge in [-0.2, -0.15) is 5.10 Å². The monoisotopic (exact) mass is 266 g/mol. The average molecular weight is 266 g/mol. The van der Waals surface area contributed by atoms with E-state index in [4.69, 9.17) is 5.11 Å². The van der Waals surface area contributed by atoms with Gasteiger partial charge in [0.2, 0.25) is 0 Å². The highest BCUT2D eigenvalue weighted by Gasteiger charge is 2.22. The number of aromatic nitrogens is 2. The van der Waals surface area contributed by atoms with E-state index < -0.39 is 5.97 Å². The molecule has 2 heterocycles. The van der Waals surface area contributed by atoms with Crippen molar-refractivity contribution in [3.63, 3.8) is 0 Å². The maximum Gasteiger partial charge on any atom is 0.317 e. The molecule has 1 aromatic rings. The SMILES string of the molecule is Cc1[nH]ncc1C(=O)N1CCCN(CC(=O)O)CC1. The summed E-state index contributed by atoms with van der Waals surface area (Å²) < 4.78 is 0. The lowest BCUT2D eigenvalue weighted by atomic mass is 10.2. The summed E-state index contributed by atoms with van der Waals surface area (Å²) in [6.45, 7) is 4.35. The highest BCUT2D eigenvalue weighted by atomic mass is 16.4. The molecular weight excluding hydrogens is 248 g/mol. The van der Waals surface area contributed by atoms with Gasteiger partial charge < -0.3 is 10.0 Å². The molecule has 1 aliphatic rings. The topological polar surface area (TPSA) is 89.5 Å². The maximum absolute atomic E-state index is 12.3. The van der Waals surface area contributed by atoms with Crippen LogP contribution in [0.4, 0.5) is 0 Å². The quantitative estimate of drug-likeness (QED) is 0.800. The van der Waals surface area contributed by atoms with Crippen molar-refractivity contribution >= 4 is 11.9 Å². The molecule has 1 saturated heterocycles. The zero-order valence-electron chi connectivity index (χ0n) is 10.9. The maximum atomic E-state index is 12.3. The highest BCUT2D eigenvalue weighted by molar-refractivity contribution is 5.95. The summed E-state index contributed by atoms with van der Waals surface area (Å²) in [5.41, 5.74) is 1.35. The number of carbonyl (C=O) groups excluding carboxylic acids is 1. The lowest BCUT2D eigenvalue weighted by Gasteiger charge is -2.20. The van der Waals surface area contributed by atoms with Crippen LogP contribution in [0.5, 0.6) is 0 Å². The van der Waals surface area contributed by atoms with Crippen LogP contribution in [0.2, 0.25) is 0 Å². The number of H-pyrrole nitrogens is 1. The van der Waals surface area contributed by atoms with Crippen LogP contribution in [0, 0.1) is 6.92 Å². The van der Waals surface area contributed by atoms with Crippen molar-refractivity contribution in [1.29, 1.82) is 0 Å². The molecule has 0 atom stereocenters. The number of carboxylic acid groups (broad SMARTS) is 1. The molecule has 0 radical (unpaired) electrons. The molecule has 0 saturated carbocycles. The zero-order chi connectivity index (χ0) is 13.8. The molecule has 0 aromatic carbocycles. The average Bonchev–Trinajstić information content (AvgIpc) is 2.64. The third-order valence-electron chi connectivity index (χ3n) is 3.29. The first-order valence-electron chi connectivity index (χ1n) is 6.31. The Morgan fingerprint density at radius 2 is 2.16 bits per heavy atom. The van der Waals surface area contributed by atoms with Crippen molar-refractivity contribution in [2.75, 3.05) is 32.7 Å². The molecule has 7 nitrogen and oxygen atoms in total. The predicted molar refractivity (Wildman–Crippen MR) is 67.9 cm³/mol. The van der Waals surface area contributed by atoms with E-state index in [2.05, 4.69) is 10.2 Å². The van der Waals surface area contributed by atoms with Gasteiger partial charge in [-0.05, 0) is 13.3 Å². The molecule has 1 aliphatic heterocycles. The van der Waals surface area contributed by atoms with Crippen molar-refractivity contribution in [2.24, 2.45) is 0 Å². The van der Waals surface area contributed by atoms with E-state index in [1.165, 1.54) is 6.20 Å². The van der Waals surface area contributed by atoms with Crippen molar-refractivity contribution < 1.29 is 14.7 Å². The second kappa shape index (κ2) is 5.83. The summed E-state index contributed by atoms with van der Waals surface area (Å²) in [6.07, 6.45) is 2.33. The number of rotatable bonds is 3. The molecule has 2 N–H and O–H groups in total. The van der Waals surface area contributed by atoms with Crippen molar-refractivity contribution in [3.05, 3.63) is 17.5 Å². The van der Waals surface area contributed by atoms with Crippen molar-refractivity contribution in [1.82, 2.24) is 20.0 Å². The Morgan fingerprint density at radius 3 is 2.79 bits per heavy atom. The molecule has 1 aromatic heterocycles. The van der Waals surface area contributed by atoms with Crippen LogP contribution < -0.4 is 0 Å². The fraction of sp³-hybridized carbons (Fsp3) is 0.583. The minimum atomic E-state index is -0.828. The number of nitrogens with zero attached hydrogens (tertiary/aromatic N) is 3. The molecule has 1 fully saturated rings. The van der Waals surface area contributed by atoms with E-state index in [1.54, 1.807) is 4.90 Å². The first kappa shape index (κ1) is 13.5. The van der Waals surface area contributed by atoms with E-state index in [9.17, 15) is 9.59 Å². The van der Waals surface area contributed by atoms with E-state index in [0.29, 0.717) is 31.7 Å². The van der Waals surface area contributed by atoms with Gasteiger partial charge in [0, 0.05) is 31.9 Å². The number of aromatic amines is 1. The Bertz CT molecular complexity index is 471. The minimum absolute atomic E-state index is 0.0345. The van der Waals surface area contributed by atoms with Gasteiger partial charge in [-0.1, -0.05) is 0 Å². The largest absolute Gasteiger partial charge is 0.480 e. The summed E-state index contributed by atoms with van der Waals surface area (Å²) in [4.78, 5) is 26.6. The third-order valence-corrected chi connectivity index (χ3v) is 3.29. The number of aryl methyl sites for hydroxylation is 1. The molecular formula is C12H18N4O3. The smallest absolute Gasteiger partial charge is 0.317 e. The summed E-state index contributed by atoms with van der Waals surface area (Å²) in [6, 6.07) is 0. The Balaban J connectivity index is 1.97. The van der Waals surface area contributed by atoms with Gasteiger partial charge in [0.1, 0.15) is 0 Å². The van der Waals surface area contributed by atoms with Gasteiger partial charge >= 0.3 is 5.97 Å². The predicted octanol–water partition coefficient (Wildman–Crippen LogP) is -0.0494. The molecule has 0 spiro atoms. The number of carboxylic acids is 1. The molecule has 1 amide bonds. The number of nitrogens with one attached hydrogen (secondary N) is 1. The normalized spacial score (nSPS) is 17.2. The van der Waals surface area contributed by atoms with Gasteiger partial charge in [-0.15, -0.1) is 0 Å². The lowest BCUT2D eigenvalue weighted by molar-refractivity contribution is -0.138. The Kier molecular flexibility index (Phi) is 4.16. The van der Waals surface area contributed by atoms with Gasteiger partial charge in [-0.25, -0.2) is 0 Å². The molecule has 0 aliphatic carbocycles. The number of amides is 1.